The molecule has 0 saturated carbocycles. The van der Waals surface area contributed by atoms with Crippen molar-refractivity contribution in [2.45, 2.75) is 11.4 Å². The van der Waals surface area contributed by atoms with Crippen LogP contribution in [0.1, 0.15) is 15.9 Å². The molecular weight excluding hydrogens is 392 g/mol. The Morgan fingerprint density at radius 1 is 1.22 bits per heavy atom. The molecule has 1 N–H and O–H groups in total. The van der Waals surface area contributed by atoms with Gasteiger partial charge in [-0.05, 0) is 35.9 Å². The lowest BCUT2D eigenvalue weighted by Crippen LogP contribution is -2.15. The molecule has 0 aliphatic heterocycles. The molecule has 27 heavy (non-hydrogen) atoms. The first kappa shape index (κ1) is 18.9. The van der Waals surface area contributed by atoms with Gasteiger partial charge in [-0.2, -0.15) is 5.10 Å². The van der Waals surface area contributed by atoms with Gasteiger partial charge in [0.15, 0.2) is 5.82 Å². The van der Waals surface area contributed by atoms with Gasteiger partial charge < -0.3 is 4.74 Å². The summed E-state index contributed by atoms with van der Waals surface area (Å²) in [7, 11) is -2.84. The summed E-state index contributed by atoms with van der Waals surface area (Å²) in [5, 5.41) is 4.17. The van der Waals surface area contributed by atoms with Crippen molar-refractivity contribution in [1.82, 2.24) is 14.8 Å². The number of sulfonamides is 1. The molecule has 0 fully saturated rings. The number of rotatable bonds is 6. The summed E-state index contributed by atoms with van der Waals surface area (Å²) in [6.45, 7) is 0.461. The van der Waals surface area contributed by atoms with Crippen LogP contribution in [-0.2, 0) is 21.3 Å². The Bertz CT molecular complexity index is 1070. The van der Waals surface area contributed by atoms with Crippen molar-refractivity contribution < 1.29 is 17.9 Å². The number of esters is 1. The lowest BCUT2D eigenvalue weighted by atomic mass is 10.2. The molecule has 0 amide bonds. The summed E-state index contributed by atoms with van der Waals surface area (Å²) < 4.78 is 33.8. The largest absolute Gasteiger partial charge is 0.465 e. The van der Waals surface area contributed by atoms with Crippen molar-refractivity contribution in [1.29, 1.82) is 0 Å². The van der Waals surface area contributed by atoms with E-state index in [1.165, 1.54) is 25.3 Å². The van der Waals surface area contributed by atoms with Gasteiger partial charge in [0.25, 0.3) is 10.0 Å². The van der Waals surface area contributed by atoms with Crippen LogP contribution in [0, 0.1) is 0 Å². The van der Waals surface area contributed by atoms with Crippen molar-refractivity contribution in [3.05, 3.63) is 71.1 Å². The minimum Gasteiger partial charge on any atom is -0.465 e. The van der Waals surface area contributed by atoms with Crippen LogP contribution in [0.15, 0.2) is 59.9 Å². The molecule has 3 aromatic rings. The van der Waals surface area contributed by atoms with E-state index in [4.69, 9.17) is 11.6 Å². The second kappa shape index (κ2) is 7.77. The van der Waals surface area contributed by atoms with Gasteiger partial charge in [0, 0.05) is 24.7 Å². The second-order valence-corrected chi connectivity index (χ2v) is 7.55. The van der Waals surface area contributed by atoms with E-state index in [9.17, 15) is 13.2 Å². The number of carbonyl (C=O) groups excluding carboxylic acids is 1. The summed E-state index contributed by atoms with van der Waals surface area (Å²) in [5.74, 6) is -0.534. The highest BCUT2D eigenvalue weighted by Crippen LogP contribution is 2.25. The fourth-order valence-corrected chi connectivity index (χ4v) is 3.85. The van der Waals surface area contributed by atoms with Crippen molar-refractivity contribution in [3.63, 3.8) is 0 Å². The van der Waals surface area contributed by atoms with E-state index in [1.807, 2.05) is 12.1 Å². The number of hydrogen-bond acceptors (Lipinski definition) is 6. The topological polar surface area (TPSA) is 103 Å². The summed E-state index contributed by atoms with van der Waals surface area (Å²) >= 11 is 6.00. The summed E-state index contributed by atoms with van der Waals surface area (Å²) in [4.78, 5) is 15.3. The van der Waals surface area contributed by atoms with Gasteiger partial charge in [-0.3, -0.25) is 14.4 Å². The fraction of sp³-hybridized carbons (Fsp3) is 0.118. The quantitative estimate of drug-likeness (QED) is 0.631. The number of ether oxygens (including phenoxy) is 1. The van der Waals surface area contributed by atoms with Gasteiger partial charge in [-0.25, -0.2) is 13.2 Å². The van der Waals surface area contributed by atoms with Gasteiger partial charge in [-0.15, -0.1) is 0 Å². The highest BCUT2D eigenvalue weighted by molar-refractivity contribution is 7.92. The van der Waals surface area contributed by atoms with Gasteiger partial charge in [0.05, 0.1) is 24.2 Å². The highest BCUT2D eigenvalue weighted by Gasteiger charge is 2.21. The van der Waals surface area contributed by atoms with Crippen molar-refractivity contribution in [2.75, 3.05) is 11.8 Å². The Hall–Kier alpha value is -2.91. The van der Waals surface area contributed by atoms with Crippen molar-refractivity contribution >= 4 is 33.4 Å². The van der Waals surface area contributed by atoms with Crippen LogP contribution in [0.5, 0.6) is 0 Å². The molecule has 140 valence electrons. The minimum atomic E-state index is -4.04. The van der Waals surface area contributed by atoms with Crippen LogP contribution in [-0.4, -0.2) is 36.3 Å². The van der Waals surface area contributed by atoms with Crippen molar-refractivity contribution in [2.24, 2.45) is 0 Å². The maximum absolute atomic E-state index is 12.6. The average Bonchev–Trinajstić information content (AvgIpc) is 3.08. The number of halogens is 1. The molecule has 0 spiro atoms. The van der Waals surface area contributed by atoms with Crippen LogP contribution in [0.2, 0.25) is 5.02 Å². The molecular formula is C17H15ClN4O4S. The van der Waals surface area contributed by atoms with E-state index in [1.54, 1.807) is 23.3 Å². The zero-order valence-corrected chi connectivity index (χ0v) is 15.7. The first-order valence-corrected chi connectivity index (χ1v) is 9.58. The SMILES string of the molecule is COC(=O)c1ccc(Cl)c(S(=O)(=O)Nc2ccn(Cc3ccncc3)n2)c1. The van der Waals surface area contributed by atoms with Gasteiger partial charge in [0.2, 0.25) is 0 Å². The standard InChI is InChI=1S/C17H15ClN4O4S/c1-26-17(23)13-2-3-14(18)15(10-13)27(24,25)21-16-6-9-22(20-16)11-12-4-7-19-8-5-12/h2-10H,11H2,1H3,(H,20,21). The molecule has 0 radical (unpaired) electrons. The van der Waals surface area contributed by atoms with Crippen molar-refractivity contribution in [3.8, 4) is 0 Å². The molecule has 0 atom stereocenters. The monoisotopic (exact) mass is 406 g/mol. The number of nitrogens with zero attached hydrogens (tertiary/aromatic N) is 3. The molecule has 2 aromatic heterocycles. The lowest BCUT2D eigenvalue weighted by Gasteiger charge is -2.09. The van der Waals surface area contributed by atoms with E-state index < -0.39 is 16.0 Å². The lowest BCUT2D eigenvalue weighted by molar-refractivity contribution is 0.0600. The van der Waals surface area contributed by atoms with E-state index in [0.717, 1.165) is 11.6 Å². The molecule has 3 rings (SSSR count). The smallest absolute Gasteiger partial charge is 0.337 e. The van der Waals surface area contributed by atoms with E-state index in [-0.39, 0.29) is 21.3 Å². The third kappa shape index (κ3) is 4.44. The summed E-state index contributed by atoms with van der Waals surface area (Å²) in [6, 6.07) is 9.07. The molecule has 0 unspecified atom stereocenters. The Labute approximate surface area is 160 Å². The number of anilines is 1. The van der Waals surface area contributed by atoms with E-state index >= 15 is 0 Å². The molecule has 0 aliphatic carbocycles. The van der Waals surface area contributed by atoms with Crippen LogP contribution >= 0.6 is 11.6 Å². The number of aromatic nitrogens is 3. The van der Waals surface area contributed by atoms with Gasteiger partial charge >= 0.3 is 5.97 Å². The number of nitrogens with one attached hydrogen (secondary N) is 1. The van der Waals surface area contributed by atoms with Gasteiger partial charge in [-0.1, -0.05) is 11.6 Å². The molecule has 8 nitrogen and oxygen atoms in total. The van der Waals surface area contributed by atoms with Crippen LogP contribution in [0.4, 0.5) is 5.82 Å². The van der Waals surface area contributed by atoms with Crippen LogP contribution in [0.3, 0.4) is 0 Å². The normalized spacial score (nSPS) is 11.2. The first-order chi connectivity index (χ1) is 12.9. The minimum absolute atomic E-state index is 0.0219. The van der Waals surface area contributed by atoms with Gasteiger partial charge in [0.1, 0.15) is 4.90 Å². The third-order valence-corrected chi connectivity index (χ3v) is 5.45. The average molecular weight is 407 g/mol. The summed E-state index contributed by atoms with van der Waals surface area (Å²) in [6.07, 6.45) is 4.97. The van der Waals surface area contributed by atoms with Crippen LogP contribution < -0.4 is 4.72 Å². The Balaban J connectivity index is 1.82. The molecule has 2 heterocycles. The highest BCUT2D eigenvalue weighted by atomic mass is 35.5. The third-order valence-electron chi connectivity index (χ3n) is 3.62. The van der Waals surface area contributed by atoms with E-state index in [0.29, 0.717) is 6.54 Å². The fourth-order valence-electron chi connectivity index (χ4n) is 2.33. The predicted molar refractivity (Wildman–Crippen MR) is 99.2 cm³/mol. The number of hydrogen-bond donors (Lipinski definition) is 1. The number of pyridine rings is 1. The molecule has 10 heteroatoms. The number of methoxy groups -OCH3 is 1. The number of carbonyl (C=O) groups is 1. The molecule has 0 bridgehead atoms. The first-order valence-electron chi connectivity index (χ1n) is 7.72. The number of benzene rings is 1. The maximum Gasteiger partial charge on any atom is 0.337 e. The van der Waals surface area contributed by atoms with Crippen LogP contribution in [0.25, 0.3) is 0 Å². The Morgan fingerprint density at radius 2 is 1.96 bits per heavy atom. The zero-order chi connectivity index (χ0) is 19.4. The molecule has 0 saturated heterocycles. The Kier molecular flexibility index (Phi) is 5.43. The summed E-state index contributed by atoms with van der Waals surface area (Å²) in [5.41, 5.74) is 1.04. The van der Waals surface area contributed by atoms with E-state index in [2.05, 4.69) is 19.5 Å². The zero-order valence-electron chi connectivity index (χ0n) is 14.2. The second-order valence-electron chi connectivity index (χ2n) is 5.50. The molecule has 0 aliphatic rings. The maximum atomic E-state index is 12.6. The molecule has 1 aromatic carbocycles. The predicted octanol–water partition coefficient (Wildman–Crippen LogP) is 2.57. The Morgan fingerprint density at radius 3 is 2.67 bits per heavy atom.